The van der Waals surface area contributed by atoms with E-state index in [1.54, 1.807) is 18.3 Å². The molecule has 0 unspecified atom stereocenters. The van der Waals surface area contributed by atoms with E-state index < -0.39 is 0 Å². The van der Waals surface area contributed by atoms with Crippen molar-refractivity contribution in [1.82, 2.24) is 5.01 Å². The first-order valence-corrected chi connectivity index (χ1v) is 7.85. The lowest BCUT2D eigenvalue weighted by atomic mass is 9.95. The van der Waals surface area contributed by atoms with Crippen molar-refractivity contribution in [2.45, 2.75) is 19.3 Å². The van der Waals surface area contributed by atoms with Crippen LogP contribution in [0.2, 0.25) is 0 Å². The third kappa shape index (κ3) is 2.27. The molecule has 0 fully saturated rings. The number of hydrogen-bond acceptors (Lipinski definition) is 3. The SMILES string of the molecule is O=C1c2cccc3cccc(c23)C(=O)N1/N=C\[C@H]1CC=CCC1. The van der Waals surface area contributed by atoms with Crippen LogP contribution in [-0.4, -0.2) is 23.0 Å². The zero-order valence-electron chi connectivity index (χ0n) is 12.6. The lowest BCUT2D eigenvalue weighted by Gasteiger charge is -2.23. The topological polar surface area (TPSA) is 49.7 Å². The van der Waals surface area contributed by atoms with Gasteiger partial charge >= 0.3 is 0 Å². The molecule has 1 aliphatic carbocycles. The maximum Gasteiger partial charge on any atom is 0.282 e. The predicted octanol–water partition coefficient (Wildman–Crippen LogP) is 3.78. The maximum absolute atomic E-state index is 12.7. The van der Waals surface area contributed by atoms with Crippen molar-refractivity contribution >= 4 is 28.8 Å². The van der Waals surface area contributed by atoms with Gasteiger partial charge in [-0.3, -0.25) is 9.59 Å². The second-order valence-electron chi connectivity index (χ2n) is 5.94. The van der Waals surface area contributed by atoms with Gasteiger partial charge in [-0.25, -0.2) is 0 Å². The molecule has 4 heteroatoms. The van der Waals surface area contributed by atoms with Crippen LogP contribution in [0, 0.1) is 5.92 Å². The van der Waals surface area contributed by atoms with E-state index in [0.29, 0.717) is 11.1 Å². The third-order valence-electron chi connectivity index (χ3n) is 4.45. The van der Waals surface area contributed by atoms with Crippen molar-refractivity contribution in [1.29, 1.82) is 0 Å². The van der Waals surface area contributed by atoms with Crippen molar-refractivity contribution < 1.29 is 9.59 Å². The molecule has 2 aromatic carbocycles. The van der Waals surface area contributed by atoms with E-state index >= 15 is 0 Å². The molecule has 0 spiro atoms. The number of rotatable bonds is 2. The summed E-state index contributed by atoms with van der Waals surface area (Å²) in [6, 6.07) is 11.0. The van der Waals surface area contributed by atoms with Crippen LogP contribution in [0.25, 0.3) is 10.8 Å². The fraction of sp³-hybridized carbons (Fsp3) is 0.211. The largest absolute Gasteiger partial charge is 0.282 e. The highest BCUT2D eigenvalue weighted by molar-refractivity contribution is 6.25. The van der Waals surface area contributed by atoms with Crippen molar-refractivity contribution in [2.75, 3.05) is 0 Å². The van der Waals surface area contributed by atoms with Crippen LogP contribution in [0.4, 0.5) is 0 Å². The van der Waals surface area contributed by atoms with Crippen molar-refractivity contribution in [3.05, 3.63) is 59.7 Å². The van der Waals surface area contributed by atoms with Gasteiger partial charge in [0.15, 0.2) is 0 Å². The maximum atomic E-state index is 12.7. The van der Waals surface area contributed by atoms with E-state index in [-0.39, 0.29) is 17.7 Å². The minimum Gasteiger partial charge on any atom is -0.267 e. The number of carbonyl (C=O) groups excluding carboxylic acids is 2. The molecule has 1 heterocycles. The van der Waals surface area contributed by atoms with Gasteiger partial charge in [0, 0.05) is 11.6 Å². The van der Waals surface area contributed by atoms with Crippen molar-refractivity contribution in [3.8, 4) is 0 Å². The highest BCUT2D eigenvalue weighted by atomic mass is 16.2. The molecule has 2 amide bonds. The number of hydrogen-bond donors (Lipinski definition) is 0. The Bertz CT molecular complexity index is 816. The molecule has 4 rings (SSSR count). The van der Waals surface area contributed by atoms with Gasteiger partial charge in [-0.05, 0) is 42.7 Å². The van der Waals surface area contributed by atoms with E-state index in [1.807, 2.05) is 24.3 Å². The van der Waals surface area contributed by atoms with Gasteiger partial charge in [0.05, 0.1) is 11.1 Å². The van der Waals surface area contributed by atoms with E-state index in [1.165, 1.54) is 0 Å². The fourth-order valence-electron chi connectivity index (χ4n) is 3.24. The average Bonchev–Trinajstić information content (AvgIpc) is 2.60. The first-order chi connectivity index (χ1) is 11.3. The van der Waals surface area contributed by atoms with E-state index in [2.05, 4.69) is 17.3 Å². The van der Waals surface area contributed by atoms with Crippen molar-refractivity contribution in [2.24, 2.45) is 11.0 Å². The lowest BCUT2D eigenvalue weighted by molar-refractivity contribution is 0.0615. The van der Waals surface area contributed by atoms with Crippen LogP contribution in [0.5, 0.6) is 0 Å². The van der Waals surface area contributed by atoms with Crippen LogP contribution < -0.4 is 0 Å². The van der Waals surface area contributed by atoms with Crippen LogP contribution in [-0.2, 0) is 0 Å². The molecule has 1 atom stereocenters. The highest BCUT2D eigenvalue weighted by Crippen LogP contribution is 2.30. The van der Waals surface area contributed by atoms with E-state index in [0.717, 1.165) is 35.0 Å². The summed E-state index contributed by atoms with van der Waals surface area (Å²) in [5, 5.41) is 6.88. The quantitative estimate of drug-likeness (QED) is 0.481. The molecule has 0 radical (unpaired) electrons. The van der Waals surface area contributed by atoms with Gasteiger partial charge in [-0.15, -0.1) is 0 Å². The molecule has 0 bridgehead atoms. The van der Waals surface area contributed by atoms with Gasteiger partial charge in [0.1, 0.15) is 0 Å². The summed E-state index contributed by atoms with van der Waals surface area (Å²) in [5.41, 5.74) is 1.08. The molecule has 114 valence electrons. The Morgan fingerprint density at radius 1 is 1.00 bits per heavy atom. The van der Waals surface area contributed by atoms with Gasteiger partial charge < -0.3 is 0 Å². The molecular weight excluding hydrogens is 288 g/mol. The van der Waals surface area contributed by atoms with Gasteiger partial charge in [-0.1, -0.05) is 36.4 Å². The van der Waals surface area contributed by atoms with Crippen LogP contribution in [0.1, 0.15) is 40.0 Å². The lowest BCUT2D eigenvalue weighted by Crippen LogP contribution is -2.36. The van der Waals surface area contributed by atoms with Gasteiger partial charge in [-0.2, -0.15) is 10.1 Å². The Morgan fingerprint density at radius 2 is 1.70 bits per heavy atom. The smallest absolute Gasteiger partial charge is 0.267 e. The summed E-state index contributed by atoms with van der Waals surface area (Å²) < 4.78 is 0. The second kappa shape index (κ2) is 5.47. The second-order valence-corrected chi connectivity index (χ2v) is 5.94. The number of benzene rings is 2. The average molecular weight is 304 g/mol. The van der Waals surface area contributed by atoms with E-state index in [9.17, 15) is 9.59 Å². The summed E-state index contributed by atoms with van der Waals surface area (Å²) in [5.74, 6) is -0.405. The van der Waals surface area contributed by atoms with E-state index in [4.69, 9.17) is 0 Å². The monoisotopic (exact) mass is 304 g/mol. The molecule has 1 aliphatic heterocycles. The summed E-state index contributed by atoms with van der Waals surface area (Å²) in [6.45, 7) is 0. The van der Waals surface area contributed by atoms with Crippen LogP contribution >= 0.6 is 0 Å². The molecule has 23 heavy (non-hydrogen) atoms. The molecule has 0 saturated heterocycles. The molecular formula is C19H16N2O2. The Balaban J connectivity index is 1.74. The predicted molar refractivity (Wildman–Crippen MR) is 89.4 cm³/mol. The van der Waals surface area contributed by atoms with Crippen LogP contribution in [0.15, 0.2) is 53.7 Å². The molecule has 2 aliphatic rings. The zero-order valence-corrected chi connectivity index (χ0v) is 12.6. The molecule has 2 aromatic rings. The normalized spacial score (nSPS) is 20.7. The Hall–Kier alpha value is -2.75. The fourth-order valence-corrected chi connectivity index (χ4v) is 3.24. The minimum atomic E-state index is -0.345. The first kappa shape index (κ1) is 13.9. The number of imide groups is 1. The zero-order chi connectivity index (χ0) is 15.8. The number of carbonyl (C=O) groups is 2. The standard InChI is InChI=1S/C19H16N2O2/c22-18-15-10-4-8-14-9-5-11-16(17(14)15)19(23)21(18)20-12-13-6-2-1-3-7-13/h1-2,4-5,8-13H,3,6-7H2/b20-12-/t13-/m0/s1. The first-order valence-electron chi connectivity index (χ1n) is 7.85. The number of nitrogens with zero attached hydrogens (tertiary/aromatic N) is 2. The third-order valence-corrected chi connectivity index (χ3v) is 4.45. The summed E-state index contributed by atoms with van der Waals surface area (Å²) in [6.07, 6.45) is 8.94. The van der Waals surface area contributed by atoms with Crippen molar-refractivity contribution in [3.63, 3.8) is 0 Å². The highest BCUT2D eigenvalue weighted by Gasteiger charge is 2.32. The Kier molecular flexibility index (Phi) is 3.30. The Morgan fingerprint density at radius 3 is 2.30 bits per heavy atom. The summed E-state index contributed by atoms with van der Waals surface area (Å²) in [7, 11) is 0. The Labute approximate surface area is 134 Å². The van der Waals surface area contributed by atoms with Crippen LogP contribution in [0.3, 0.4) is 0 Å². The number of amides is 2. The molecule has 4 nitrogen and oxygen atoms in total. The number of allylic oxidation sites excluding steroid dienone is 2. The minimum absolute atomic E-state index is 0.286. The summed E-state index contributed by atoms with van der Waals surface area (Å²) >= 11 is 0. The van der Waals surface area contributed by atoms with Gasteiger partial charge in [0.2, 0.25) is 0 Å². The number of hydrazone groups is 1. The molecule has 0 N–H and O–H groups in total. The summed E-state index contributed by atoms with van der Waals surface area (Å²) in [4.78, 5) is 25.3. The molecule has 0 saturated carbocycles. The van der Waals surface area contributed by atoms with Gasteiger partial charge in [0.25, 0.3) is 11.8 Å². The molecule has 0 aromatic heterocycles.